The highest BCUT2D eigenvalue weighted by Crippen LogP contribution is 2.32. The van der Waals surface area contributed by atoms with Gasteiger partial charge in [-0.05, 0) is 60.1 Å². The normalized spacial score (nSPS) is 11.1. The molecule has 0 fully saturated rings. The number of ether oxygens (including phenoxy) is 1. The molecule has 2 aromatic carbocycles. The van der Waals surface area contributed by atoms with E-state index in [1.807, 2.05) is 26.0 Å². The third-order valence-electron chi connectivity index (χ3n) is 4.42. The fraction of sp³-hybridized carbons (Fsp3) is 0.409. The van der Waals surface area contributed by atoms with E-state index < -0.39 is 0 Å². The minimum Gasteiger partial charge on any atom is -0.484 e. The summed E-state index contributed by atoms with van der Waals surface area (Å²) in [6.45, 7) is 12.3. The first-order chi connectivity index (χ1) is 12.2. The lowest BCUT2D eigenvalue weighted by Crippen LogP contribution is -2.22. The van der Waals surface area contributed by atoms with Gasteiger partial charge in [0.05, 0.1) is 0 Å². The topological polar surface area (TPSA) is 38.3 Å². The number of halogens is 1. The predicted octanol–water partition coefficient (Wildman–Crippen LogP) is 6.22. The average Bonchev–Trinajstić information content (AvgIpc) is 2.57. The van der Waals surface area contributed by atoms with E-state index in [1.165, 1.54) is 0 Å². The molecule has 0 radical (unpaired) electrons. The summed E-state index contributed by atoms with van der Waals surface area (Å²) >= 11 is 6.18. The van der Waals surface area contributed by atoms with Gasteiger partial charge >= 0.3 is 0 Å². The van der Waals surface area contributed by atoms with Crippen LogP contribution in [0.3, 0.4) is 0 Å². The van der Waals surface area contributed by atoms with Gasteiger partial charge in [-0.15, -0.1) is 0 Å². The summed E-state index contributed by atoms with van der Waals surface area (Å²) in [6, 6.07) is 9.89. The van der Waals surface area contributed by atoms with Gasteiger partial charge in [-0.2, -0.15) is 0 Å². The largest absolute Gasteiger partial charge is 0.484 e. The number of amides is 1. The quantitative estimate of drug-likeness (QED) is 0.652. The molecule has 140 valence electrons. The maximum Gasteiger partial charge on any atom is 0.262 e. The van der Waals surface area contributed by atoms with Gasteiger partial charge in [-0.25, -0.2) is 0 Å². The van der Waals surface area contributed by atoms with Gasteiger partial charge in [0.1, 0.15) is 5.75 Å². The molecule has 0 heterocycles. The second-order valence-electron chi connectivity index (χ2n) is 7.33. The van der Waals surface area contributed by atoms with E-state index in [0.717, 1.165) is 33.0 Å². The number of carbonyl (C=O) groups is 1. The van der Waals surface area contributed by atoms with E-state index in [9.17, 15) is 4.79 Å². The molecule has 0 saturated carbocycles. The molecule has 1 N–H and O–H groups in total. The fourth-order valence-electron chi connectivity index (χ4n) is 3.01. The van der Waals surface area contributed by atoms with E-state index >= 15 is 0 Å². The highest BCUT2D eigenvalue weighted by Gasteiger charge is 2.16. The van der Waals surface area contributed by atoms with Crippen molar-refractivity contribution in [3.8, 4) is 5.75 Å². The van der Waals surface area contributed by atoms with Crippen molar-refractivity contribution in [2.24, 2.45) is 0 Å². The molecule has 0 saturated heterocycles. The van der Waals surface area contributed by atoms with Crippen molar-refractivity contribution in [3.05, 3.63) is 57.6 Å². The number of hydrogen-bond acceptors (Lipinski definition) is 2. The highest BCUT2D eigenvalue weighted by atomic mass is 35.5. The Balaban J connectivity index is 2.15. The van der Waals surface area contributed by atoms with Crippen molar-refractivity contribution in [2.75, 3.05) is 11.9 Å². The molecule has 3 nitrogen and oxygen atoms in total. The second kappa shape index (κ2) is 8.59. The Hall–Kier alpha value is -2.00. The zero-order chi connectivity index (χ0) is 19.4. The molecule has 0 spiro atoms. The van der Waals surface area contributed by atoms with Crippen LogP contribution in [0.25, 0.3) is 0 Å². The Labute approximate surface area is 161 Å². The van der Waals surface area contributed by atoms with Crippen LogP contribution >= 0.6 is 11.6 Å². The number of para-hydroxylation sites is 1. The van der Waals surface area contributed by atoms with Crippen molar-refractivity contribution in [2.45, 2.75) is 53.4 Å². The first kappa shape index (κ1) is 20.3. The number of rotatable bonds is 6. The van der Waals surface area contributed by atoms with Crippen LogP contribution in [0.5, 0.6) is 5.75 Å². The van der Waals surface area contributed by atoms with E-state index in [1.54, 1.807) is 0 Å². The molecule has 26 heavy (non-hydrogen) atoms. The Kier molecular flexibility index (Phi) is 6.71. The minimum atomic E-state index is -0.162. The first-order valence-electron chi connectivity index (χ1n) is 9.02. The van der Waals surface area contributed by atoms with Crippen molar-refractivity contribution in [3.63, 3.8) is 0 Å². The monoisotopic (exact) mass is 373 g/mol. The number of aryl methyl sites for hydroxylation is 2. The van der Waals surface area contributed by atoms with Gasteiger partial charge in [0.2, 0.25) is 0 Å². The van der Waals surface area contributed by atoms with Crippen LogP contribution in [0, 0.1) is 13.8 Å². The van der Waals surface area contributed by atoms with Crippen LogP contribution in [0.1, 0.15) is 61.8 Å². The minimum absolute atomic E-state index is 0.0372. The van der Waals surface area contributed by atoms with Gasteiger partial charge in [0.25, 0.3) is 5.91 Å². The van der Waals surface area contributed by atoms with E-state index in [2.05, 4.69) is 51.2 Å². The maximum atomic E-state index is 12.5. The van der Waals surface area contributed by atoms with Crippen LogP contribution in [0.15, 0.2) is 30.3 Å². The predicted molar refractivity (Wildman–Crippen MR) is 110 cm³/mol. The van der Waals surface area contributed by atoms with Crippen LogP contribution in [-0.2, 0) is 4.79 Å². The average molecular weight is 374 g/mol. The van der Waals surface area contributed by atoms with Gasteiger partial charge in [0, 0.05) is 10.7 Å². The maximum absolute atomic E-state index is 12.5. The van der Waals surface area contributed by atoms with Crippen LogP contribution in [-0.4, -0.2) is 12.5 Å². The third kappa shape index (κ3) is 4.79. The van der Waals surface area contributed by atoms with Crippen molar-refractivity contribution < 1.29 is 9.53 Å². The summed E-state index contributed by atoms with van der Waals surface area (Å²) in [7, 11) is 0. The Morgan fingerprint density at radius 3 is 2.00 bits per heavy atom. The lowest BCUT2D eigenvalue weighted by atomic mass is 9.92. The summed E-state index contributed by atoms with van der Waals surface area (Å²) in [5.41, 5.74) is 5.07. The SMILES string of the molecule is Cc1cc(OCC(=O)Nc2c(C(C)C)cccc2C(C)C)cc(C)c1Cl. The fourth-order valence-corrected chi connectivity index (χ4v) is 3.12. The van der Waals surface area contributed by atoms with E-state index in [0.29, 0.717) is 17.6 Å². The van der Waals surface area contributed by atoms with Gasteiger partial charge in [0.15, 0.2) is 6.61 Å². The lowest BCUT2D eigenvalue weighted by molar-refractivity contribution is -0.118. The standard InChI is InChI=1S/C22H28ClNO2/c1-13(2)18-8-7-9-19(14(3)4)22(18)24-20(25)12-26-17-10-15(5)21(23)16(6)11-17/h7-11,13-14H,12H2,1-6H3,(H,24,25). The number of hydrogen-bond donors (Lipinski definition) is 1. The van der Waals surface area contributed by atoms with Crippen LogP contribution < -0.4 is 10.1 Å². The molecular weight excluding hydrogens is 346 g/mol. The number of nitrogens with one attached hydrogen (secondary N) is 1. The summed E-state index contributed by atoms with van der Waals surface area (Å²) in [6.07, 6.45) is 0. The van der Waals surface area contributed by atoms with Gasteiger partial charge in [-0.3, -0.25) is 4.79 Å². The van der Waals surface area contributed by atoms with Gasteiger partial charge in [-0.1, -0.05) is 57.5 Å². The summed E-state index contributed by atoms with van der Waals surface area (Å²) in [5.74, 6) is 1.14. The molecule has 0 aliphatic carbocycles. The first-order valence-corrected chi connectivity index (χ1v) is 9.40. The third-order valence-corrected chi connectivity index (χ3v) is 5.01. The Morgan fingerprint density at radius 2 is 1.54 bits per heavy atom. The molecule has 0 aliphatic heterocycles. The zero-order valence-electron chi connectivity index (χ0n) is 16.4. The summed E-state index contributed by atoms with van der Waals surface area (Å²) in [4.78, 5) is 12.5. The van der Waals surface area contributed by atoms with E-state index in [4.69, 9.17) is 16.3 Å². The molecule has 0 aromatic heterocycles. The number of carbonyl (C=O) groups excluding carboxylic acids is 1. The molecule has 2 rings (SSSR count). The Bertz CT molecular complexity index is 747. The Morgan fingerprint density at radius 1 is 1.04 bits per heavy atom. The second-order valence-corrected chi connectivity index (χ2v) is 7.71. The van der Waals surface area contributed by atoms with Crippen molar-refractivity contribution in [1.82, 2.24) is 0 Å². The molecule has 0 bridgehead atoms. The molecule has 2 aromatic rings. The molecule has 1 amide bonds. The van der Waals surface area contributed by atoms with Crippen LogP contribution in [0.2, 0.25) is 5.02 Å². The molecule has 0 unspecified atom stereocenters. The summed E-state index contributed by atoms with van der Waals surface area (Å²) in [5, 5.41) is 3.79. The summed E-state index contributed by atoms with van der Waals surface area (Å²) < 4.78 is 5.69. The molecular formula is C22H28ClNO2. The van der Waals surface area contributed by atoms with Gasteiger partial charge < -0.3 is 10.1 Å². The zero-order valence-corrected chi connectivity index (χ0v) is 17.2. The van der Waals surface area contributed by atoms with Crippen molar-refractivity contribution in [1.29, 1.82) is 0 Å². The number of anilines is 1. The number of benzene rings is 2. The highest BCUT2D eigenvalue weighted by molar-refractivity contribution is 6.32. The molecule has 0 atom stereocenters. The molecule has 0 aliphatic rings. The smallest absolute Gasteiger partial charge is 0.262 e. The van der Waals surface area contributed by atoms with E-state index in [-0.39, 0.29) is 12.5 Å². The lowest BCUT2D eigenvalue weighted by Gasteiger charge is -2.20. The molecule has 4 heteroatoms. The van der Waals surface area contributed by atoms with Crippen molar-refractivity contribution >= 4 is 23.2 Å². The van der Waals surface area contributed by atoms with Crippen LogP contribution in [0.4, 0.5) is 5.69 Å².